The molecule has 5 aromatic rings. The van der Waals surface area contributed by atoms with E-state index < -0.39 is 5.91 Å². The van der Waals surface area contributed by atoms with Gasteiger partial charge in [-0.1, -0.05) is 36.8 Å². The first-order chi connectivity index (χ1) is 18.7. The van der Waals surface area contributed by atoms with Crippen molar-refractivity contribution in [2.75, 3.05) is 4.90 Å². The van der Waals surface area contributed by atoms with Crippen LogP contribution in [0.2, 0.25) is 0 Å². The van der Waals surface area contributed by atoms with Crippen LogP contribution in [0.25, 0.3) is 16.6 Å². The Morgan fingerprint density at radius 1 is 1.03 bits per heavy atom. The van der Waals surface area contributed by atoms with Crippen LogP contribution < -0.4 is 10.6 Å². The number of nitrogens with two attached hydrogens (primary N) is 1. The quantitative estimate of drug-likeness (QED) is 0.303. The normalized spacial score (nSPS) is 19.2. The minimum absolute atomic E-state index is 0.0229. The first kappa shape index (κ1) is 24.9. The number of thiazole rings is 1. The molecule has 9 heteroatoms. The van der Waals surface area contributed by atoms with Crippen LogP contribution in [0.5, 0.6) is 0 Å². The van der Waals surface area contributed by atoms with E-state index in [0.717, 1.165) is 38.4 Å². The number of carbonyl (C=O) groups excluding carboxylic acids is 2. The van der Waals surface area contributed by atoms with E-state index in [0.29, 0.717) is 10.6 Å². The number of fused-ring (bicyclic) bond motifs is 1. The molecule has 0 spiro atoms. The van der Waals surface area contributed by atoms with Crippen molar-refractivity contribution in [3.8, 4) is 5.69 Å². The minimum Gasteiger partial charge on any atom is -0.365 e. The number of aromatic nitrogens is 3. The number of hydrogen-bond donors (Lipinski definition) is 1. The average molecular weight is 540 g/mol. The summed E-state index contributed by atoms with van der Waals surface area (Å²) in [7, 11) is 0. The molecule has 6 rings (SSSR count). The number of anilines is 1. The van der Waals surface area contributed by atoms with Gasteiger partial charge in [0.1, 0.15) is 10.7 Å². The van der Waals surface area contributed by atoms with Gasteiger partial charge in [-0.05, 0) is 61.9 Å². The molecule has 39 heavy (non-hydrogen) atoms. The number of primary amides is 1. The van der Waals surface area contributed by atoms with Gasteiger partial charge in [0, 0.05) is 22.9 Å². The fraction of sp³-hybridized carbons (Fsp3) is 0.200. The summed E-state index contributed by atoms with van der Waals surface area (Å²) in [5, 5.41) is 6.09. The Morgan fingerprint density at radius 3 is 2.46 bits per heavy atom. The number of carbonyl (C=O) groups is 2. The van der Waals surface area contributed by atoms with E-state index in [4.69, 9.17) is 10.7 Å². The summed E-state index contributed by atoms with van der Waals surface area (Å²) in [5.41, 5.74) is 10.6. The second-order valence-electron chi connectivity index (χ2n) is 9.99. The van der Waals surface area contributed by atoms with Gasteiger partial charge < -0.3 is 10.6 Å². The fourth-order valence-electron chi connectivity index (χ4n) is 5.54. The monoisotopic (exact) mass is 539 g/mol. The van der Waals surface area contributed by atoms with E-state index in [9.17, 15) is 14.0 Å². The lowest BCUT2D eigenvalue weighted by atomic mass is 9.87. The van der Waals surface area contributed by atoms with Crippen LogP contribution in [-0.4, -0.2) is 26.6 Å². The summed E-state index contributed by atoms with van der Waals surface area (Å²) in [6.07, 6.45) is 1.74. The first-order valence-corrected chi connectivity index (χ1v) is 13.4. The number of hydrogen-bond acceptors (Lipinski definition) is 5. The third kappa shape index (κ3) is 4.19. The Morgan fingerprint density at radius 2 is 1.77 bits per heavy atom. The summed E-state index contributed by atoms with van der Waals surface area (Å²) in [4.78, 5) is 32.9. The van der Waals surface area contributed by atoms with E-state index >= 15 is 0 Å². The maximum atomic E-state index is 13.9. The lowest BCUT2D eigenvalue weighted by Crippen LogP contribution is -2.29. The summed E-state index contributed by atoms with van der Waals surface area (Å²) in [6.45, 7) is 5.72. The van der Waals surface area contributed by atoms with Crippen LogP contribution in [0, 0.1) is 25.6 Å². The number of benzene rings is 3. The molecular formula is C30H26FN5O2S. The molecule has 2 amide bonds. The zero-order valence-corrected chi connectivity index (χ0v) is 22.4. The van der Waals surface area contributed by atoms with Crippen LogP contribution in [0.3, 0.4) is 0 Å². The summed E-state index contributed by atoms with van der Waals surface area (Å²) >= 11 is 1.27. The van der Waals surface area contributed by atoms with Gasteiger partial charge in [0.2, 0.25) is 5.91 Å². The molecule has 0 unspecified atom stereocenters. The van der Waals surface area contributed by atoms with Gasteiger partial charge in [0.15, 0.2) is 0 Å². The second kappa shape index (κ2) is 9.43. The van der Waals surface area contributed by atoms with Crippen molar-refractivity contribution in [3.05, 3.63) is 105 Å². The predicted octanol–water partition coefficient (Wildman–Crippen LogP) is 5.84. The third-order valence-electron chi connectivity index (χ3n) is 7.39. The van der Waals surface area contributed by atoms with Gasteiger partial charge in [0.05, 0.1) is 34.1 Å². The molecule has 1 aliphatic heterocycles. The van der Waals surface area contributed by atoms with Crippen LogP contribution in [0.4, 0.5) is 10.1 Å². The van der Waals surface area contributed by atoms with Crippen LogP contribution in [0.1, 0.15) is 50.4 Å². The molecule has 7 nitrogen and oxygen atoms in total. The third-order valence-corrected chi connectivity index (χ3v) is 8.66. The lowest BCUT2D eigenvalue weighted by molar-refractivity contribution is -0.120. The van der Waals surface area contributed by atoms with E-state index in [1.165, 1.54) is 23.5 Å². The standard InChI is InChI=1S/C30H26FN5O2S/c1-16-5-4-6-19(13-16)26-25(29-34-18(3)27(39-29)28(32)37)17(2)30(38)35(26)23-11-12-24-20(14-23)15-33-36(24)22-9-7-21(31)8-10-22/h4-15,17,25-26H,1-3H3,(H2,32,37)/t17-,25-,26-/m0/s1. The molecule has 1 fully saturated rings. The molecule has 1 aliphatic rings. The Balaban J connectivity index is 1.48. The summed E-state index contributed by atoms with van der Waals surface area (Å²) in [6, 6.07) is 19.8. The fourth-order valence-corrected chi connectivity index (χ4v) is 6.69. The van der Waals surface area contributed by atoms with Crippen molar-refractivity contribution in [1.29, 1.82) is 0 Å². The maximum absolute atomic E-state index is 13.9. The van der Waals surface area contributed by atoms with Crippen LogP contribution in [0.15, 0.2) is 72.9 Å². The number of nitrogens with zero attached hydrogens (tertiary/aromatic N) is 4. The molecular weight excluding hydrogens is 513 g/mol. The lowest BCUT2D eigenvalue weighted by Gasteiger charge is -2.28. The van der Waals surface area contributed by atoms with Crippen LogP contribution >= 0.6 is 11.3 Å². The Bertz CT molecular complexity index is 1740. The van der Waals surface area contributed by atoms with E-state index in [2.05, 4.69) is 11.2 Å². The van der Waals surface area contributed by atoms with Gasteiger partial charge in [-0.2, -0.15) is 5.10 Å². The van der Waals surface area contributed by atoms with Crippen molar-refractivity contribution in [2.24, 2.45) is 11.7 Å². The Kier molecular flexibility index (Phi) is 6.03. The van der Waals surface area contributed by atoms with Crippen molar-refractivity contribution in [3.63, 3.8) is 0 Å². The zero-order chi connectivity index (χ0) is 27.4. The maximum Gasteiger partial charge on any atom is 0.260 e. The largest absolute Gasteiger partial charge is 0.365 e. The number of rotatable bonds is 5. The average Bonchev–Trinajstić information content (AvgIpc) is 3.58. The summed E-state index contributed by atoms with van der Waals surface area (Å²) < 4.78 is 15.2. The highest BCUT2D eigenvalue weighted by Crippen LogP contribution is 2.51. The van der Waals surface area contributed by atoms with Crippen molar-refractivity contribution in [1.82, 2.24) is 14.8 Å². The molecule has 196 valence electrons. The highest BCUT2D eigenvalue weighted by Gasteiger charge is 2.49. The molecule has 1 saturated heterocycles. The molecule has 0 aliphatic carbocycles. The van der Waals surface area contributed by atoms with E-state index in [-0.39, 0.29) is 29.6 Å². The molecule has 0 radical (unpaired) electrons. The number of halogens is 1. The van der Waals surface area contributed by atoms with Crippen molar-refractivity contribution in [2.45, 2.75) is 32.7 Å². The summed E-state index contributed by atoms with van der Waals surface area (Å²) in [5.74, 6) is -1.49. The molecule has 3 atom stereocenters. The first-order valence-electron chi connectivity index (χ1n) is 12.6. The Hall–Kier alpha value is -4.37. The molecule has 2 N–H and O–H groups in total. The number of aryl methyl sites for hydroxylation is 2. The van der Waals surface area contributed by atoms with Gasteiger partial charge in [0.25, 0.3) is 5.91 Å². The smallest absolute Gasteiger partial charge is 0.260 e. The SMILES string of the molecule is Cc1cccc([C@H]2[C@@H](c3nc(C)c(C(N)=O)s3)[C@H](C)C(=O)N2c2ccc3c(cnn3-c3ccc(F)cc3)c2)c1. The molecule has 3 heterocycles. The Labute approximate surface area is 228 Å². The van der Waals surface area contributed by atoms with Crippen molar-refractivity contribution < 1.29 is 14.0 Å². The molecule has 3 aromatic carbocycles. The van der Waals surface area contributed by atoms with Crippen LogP contribution in [-0.2, 0) is 4.79 Å². The zero-order valence-electron chi connectivity index (χ0n) is 21.6. The van der Waals surface area contributed by atoms with Crippen molar-refractivity contribution >= 4 is 39.7 Å². The van der Waals surface area contributed by atoms with Gasteiger partial charge in [-0.25, -0.2) is 14.1 Å². The highest BCUT2D eigenvalue weighted by atomic mass is 32.1. The number of amides is 2. The molecule has 0 bridgehead atoms. The minimum atomic E-state index is -0.513. The van der Waals surface area contributed by atoms with Gasteiger partial charge in [-0.15, -0.1) is 11.3 Å². The van der Waals surface area contributed by atoms with Gasteiger partial charge >= 0.3 is 0 Å². The predicted molar refractivity (Wildman–Crippen MR) is 150 cm³/mol. The highest BCUT2D eigenvalue weighted by molar-refractivity contribution is 7.13. The topological polar surface area (TPSA) is 94.1 Å². The second-order valence-corrected chi connectivity index (χ2v) is 11.0. The van der Waals surface area contributed by atoms with E-state index in [1.54, 1.807) is 29.9 Å². The molecule has 2 aromatic heterocycles. The molecule has 0 saturated carbocycles. The van der Waals surface area contributed by atoms with E-state index in [1.807, 2.05) is 55.1 Å². The van der Waals surface area contributed by atoms with Gasteiger partial charge in [-0.3, -0.25) is 9.59 Å².